The van der Waals surface area contributed by atoms with Gasteiger partial charge in [-0.3, -0.25) is 4.79 Å². The maximum Gasteiger partial charge on any atom is 0.220 e. The molecule has 3 aliphatic heterocycles. The SMILES string of the molecule is O=C1CCC(NC2CCOC3(CCSC3)C2)CN1. The van der Waals surface area contributed by atoms with Crippen molar-refractivity contribution in [1.29, 1.82) is 0 Å². The number of amides is 1. The van der Waals surface area contributed by atoms with Crippen molar-refractivity contribution in [2.24, 2.45) is 0 Å². The monoisotopic (exact) mass is 270 g/mol. The second kappa shape index (κ2) is 5.39. The fraction of sp³-hybridized carbons (Fsp3) is 0.923. The van der Waals surface area contributed by atoms with Gasteiger partial charge < -0.3 is 15.4 Å². The summed E-state index contributed by atoms with van der Waals surface area (Å²) < 4.78 is 6.03. The molecular formula is C13H22N2O2S. The highest BCUT2D eigenvalue weighted by Gasteiger charge is 2.40. The summed E-state index contributed by atoms with van der Waals surface area (Å²) in [4.78, 5) is 11.1. The third-order valence-electron chi connectivity index (χ3n) is 4.30. The first-order valence-corrected chi connectivity index (χ1v) is 8.16. The highest BCUT2D eigenvalue weighted by molar-refractivity contribution is 7.99. The third-order valence-corrected chi connectivity index (χ3v) is 5.52. The predicted molar refractivity (Wildman–Crippen MR) is 72.8 cm³/mol. The maximum atomic E-state index is 11.1. The van der Waals surface area contributed by atoms with Crippen LogP contribution in [0.1, 0.15) is 32.1 Å². The van der Waals surface area contributed by atoms with Crippen LogP contribution in [0.25, 0.3) is 0 Å². The molecule has 0 aromatic carbocycles. The molecule has 3 atom stereocenters. The summed E-state index contributed by atoms with van der Waals surface area (Å²) >= 11 is 2.02. The lowest BCUT2D eigenvalue weighted by atomic mass is 9.89. The van der Waals surface area contributed by atoms with E-state index in [1.165, 1.54) is 12.2 Å². The van der Waals surface area contributed by atoms with Gasteiger partial charge in [-0.05, 0) is 31.4 Å². The summed E-state index contributed by atoms with van der Waals surface area (Å²) in [6.45, 7) is 1.68. The summed E-state index contributed by atoms with van der Waals surface area (Å²) in [5, 5.41) is 6.67. The molecule has 0 saturated carbocycles. The largest absolute Gasteiger partial charge is 0.374 e. The average Bonchev–Trinajstić information content (AvgIpc) is 2.80. The molecule has 2 N–H and O–H groups in total. The van der Waals surface area contributed by atoms with E-state index in [0.29, 0.717) is 18.5 Å². The maximum absolute atomic E-state index is 11.1. The Morgan fingerprint density at radius 2 is 2.33 bits per heavy atom. The van der Waals surface area contributed by atoms with Crippen LogP contribution in [0.3, 0.4) is 0 Å². The summed E-state index contributed by atoms with van der Waals surface area (Å²) in [5.74, 6) is 2.60. The molecule has 1 spiro atoms. The van der Waals surface area contributed by atoms with Gasteiger partial charge in [-0.15, -0.1) is 0 Å². The van der Waals surface area contributed by atoms with Crippen LogP contribution in [0.2, 0.25) is 0 Å². The lowest BCUT2D eigenvalue weighted by Crippen LogP contribution is -2.54. The van der Waals surface area contributed by atoms with Crippen molar-refractivity contribution >= 4 is 17.7 Å². The zero-order valence-corrected chi connectivity index (χ0v) is 11.6. The van der Waals surface area contributed by atoms with Crippen LogP contribution >= 0.6 is 11.8 Å². The highest BCUT2D eigenvalue weighted by Crippen LogP contribution is 2.38. The van der Waals surface area contributed by atoms with Gasteiger partial charge in [0.05, 0.1) is 5.60 Å². The molecule has 0 aliphatic carbocycles. The van der Waals surface area contributed by atoms with Crippen LogP contribution in [-0.4, -0.2) is 48.2 Å². The number of nitrogens with one attached hydrogen (secondary N) is 2. The van der Waals surface area contributed by atoms with E-state index < -0.39 is 0 Å². The fourth-order valence-electron chi connectivity index (χ4n) is 3.24. The number of rotatable bonds is 2. The van der Waals surface area contributed by atoms with E-state index in [4.69, 9.17) is 4.74 Å². The van der Waals surface area contributed by atoms with Crippen LogP contribution in [0.4, 0.5) is 0 Å². The van der Waals surface area contributed by atoms with Crippen LogP contribution < -0.4 is 10.6 Å². The number of thioether (sulfide) groups is 1. The highest BCUT2D eigenvalue weighted by atomic mass is 32.2. The Hall–Kier alpha value is -0.260. The van der Waals surface area contributed by atoms with Gasteiger partial charge in [0.2, 0.25) is 5.91 Å². The number of carbonyl (C=O) groups is 1. The summed E-state index contributed by atoms with van der Waals surface area (Å²) in [6.07, 6.45) is 5.10. The lowest BCUT2D eigenvalue weighted by Gasteiger charge is -2.40. The molecule has 3 saturated heterocycles. The minimum Gasteiger partial charge on any atom is -0.374 e. The molecule has 4 nitrogen and oxygen atoms in total. The van der Waals surface area contributed by atoms with Gasteiger partial charge in [-0.25, -0.2) is 0 Å². The van der Waals surface area contributed by atoms with Crippen molar-refractivity contribution in [3.8, 4) is 0 Å². The Morgan fingerprint density at radius 3 is 3.06 bits per heavy atom. The zero-order chi connectivity index (χ0) is 12.4. The van der Waals surface area contributed by atoms with Gasteiger partial charge in [-0.1, -0.05) is 0 Å². The van der Waals surface area contributed by atoms with E-state index in [9.17, 15) is 4.79 Å². The Bertz CT molecular complexity index is 308. The molecule has 0 bridgehead atoms. The fourth-order valence-corrected chi connectivity index (χ4v) is 4.62. The molecule has 1 amide bonds. The molecule has 5 heteroatoms. The molecule has 102 valence electrons. The quantitative estimate of drug-likeness (QED) is 0.783. The number of hydrogen-bond donors (Lipinski definition) is 2. The van der Waals surface area contributed by atoms with Gasteiger partial charge in [-0.2, -0.15) is 11.8 Å². The van der Waals surface area contributed by atoms with Gasteiger partial charge in [0.15, 0.2) is 0 Å². The van der Waals surface area contributed by atoms with Crippen LogP contribution in [-0.2, 0) is 9.53 Å². The second-order valence-corrected chi connectivity index (χ2v) is 6.84. The smallest absolute Gasteiger partial charge is 0.220 e. The van der Waals surface area contributed by atoms with Gasteiger partial charge >= 0.3 is 0 Å². The molecule has 3 rings (SSSR count). The molecule has 3 heterocycles. The Balaban J connectivity index is 1.51. The molecular weight excluding hydrogens is 248 g/mol. The minimum atomic E-state index is 0.151. The van der Waals surface area contributed by atoms with E-state index >= 15 is 0 Å². The molecule has 3 unspecified atom stereocenters. The van der Waals surface area contributed by atoms with Crippen molar-refractivity contribution in [3.05, 3.63) is 0 Å². The second-order valence-electron chi connectivity index (χ2n) is 5.73. The van der Waals surface area contributed by atoms with Crippen LogP contribution in [0, 0.1) is 0 Å². The first-order valence-electron chi connectivity index (χ1n) is 7.00. The Kier molecular flexibility index (Phi) is 3.82. The van der Waals surface area contributed by atoms with E-state index in [1.807, 2.05) is 11.8 Å². The van der Waals surface area contributed by atoms with Crippen molar-refractivity contribution in [3.63, 3.8) is 0 Å². The molecule has 0 radical (unpaired) electrons. The van der Waals surface area contributed by atoms with Crippen molar-refractivity contribution in [1.82, 2.24) is 10.6 Å². The molecule has 3 fully saturated rings. The van der Waals surface area contributed by atoms with Gasteiger partial charge in [0.25, 0.3) is 0 Å². The van der Waals surface area contributed by atoms with E-state index in [1.54, 1.807) is 0 Å². The molecule has 3 aliphatic rings. The van der Waals surface area contributed by atoms with Crippen molar-refractivity contribution in [2.45, 2.75) is 49.8 Å². The third kappa shape index (κ3) is 2.83. The summed E-state index contributed by atoms with van der Waals surface area (Å²) in [6, 6.07) is 1.02. The lowest BCUT2D eigenvalue weighted by molar-refractivity contribution is -0.122. The zero-order valence-electron chi connectivity index (χ0n) is 10.7. The molecule has 18 heavy (non-hydrogen) atoms. The topological polar surface area (TPSA) is 50.4 Å². The number of hydrogen-bond acceptors (Lipinski definition) is 4. The number of piperidine rings is 1. The Labute approximate surface area is 113 Å². The molecule has 0 aromatic heterocycles. The summed E-state index contributed by atoms with van der Waals surface area (Å²) in [7, 11) is 0. The first-order chi connectivity index (χ1) is 8.76. The van der Waals surface area contributed by atoms with Gasteiger partial charge in [0, 0.05) is 37.4 Å². The summed E-state index contributed by atoms with van der Waals surface area (Å²) in [5.41, 5.74) is 0.151. The minimum absolute atomic E-state index is 0.151. The predicted octanol–water partition coefficient (Wildman–Crippen LogP) is 0.909. The van der Waals surface area contributed by atoms with Crippen molar-refractivity contribution < 1.29 is 9.53 Å². The number of carbonyl (C=O) groups excluding carboxylic acids is 1. The van der Waals surface area contributed by atoms with Gasteiger partial charge in [0.1, 0.15) is 0 Å². The van der Waals surface area contributed by atoms with E-state index in [0.717, 1.165) is 38.2 Å². The Morgan fingerprint density at radius 1 is 1.39 bits per heavy atom. The van der Waals surface area contributed by atoms with Crippen molar-refractivity contribution in [2.75, 3.05) is 24.7 Å². The van der Waals surface area contributed by atoms with Crippen LogP contribution in [0.15, 0.2) is 0 Å². The van der Waals surface area contributed by atoms with E-state index in [2.05, 4.69) is 10.6 Å². The normalized spacial score (nSPS) is 41.0. The average molecular weight is 270 g/mol. The van der Waals surface area contributed by atoms with Crippen LogP contribution in [0.5, 0.6) is 0 Å². The standard InChI is InChI=1S/C13H22N2O2S/c16-12-2-1-11(8-14-12)15-10-3-5-17-13(7-10)4-6-18-9-13/h10-11,15H,1-9H2,(H,14,16). The molecule has 0 aromatic rings. The number of ether oxygens (including phenoxy) is 1. The van der Waals surface area contributed by atoms with E-state index in [-0.39, 0.29) is 11.5 Å². The first kappa shape index (κ1) is 12.8.